The SMILES string of the molecule is CC(C)Cc1cnn2c3c(c(=O)n(-c4ccc(-c5nccn5C)cc4)c12)C[C@H](C)N(C(=O)c1ccc(Br)c(Cl)c1)C3. The minimum absolute atomic E-state index is 0.0756. The highest BCUT2D eigenvalue weighted by Gasteiger charge is 2.33. The Balaban J connectivity index is 1.49. The number of aryl methyl sites for hydroxylation is 1. The molecular weight excluding hydrogens is 604 g/mol. The van der Waals surface area contributed by atoms with Gasteiger partial charge in [-0.25, -0.2) is 9.50 Å². The lowest BCUT2D eigenvalue weighted by Crippen LogP contribution is -2.46. The molecule has 0 aliphatic carbocycles. The van der Waals surface area contributed by atoms with Crippen molar-refractivity contribution in [3.8, 4) is 17.1 Å². The van der Waals surface area contributed by atoms with Crippen molar-refractivity contribution in [2.24, 2.45) is 13.0 Å². The zero-order valence-electron chi connectivity index (χ0n) is 23.3. The minimum Gasteiger partial charge on any atom is -0.334 e. The molecule has 1 amide bonds. The number of aromatic nitrogens is 5. The number of imidazole rings is 1. The smallest absolute Gasteiger partial charge is 0.261 e. The van der Waals surface area contributed by atoms with Gasteiger partial charge in [0.2, 0.25) is 0 Å². The summed E-state index contributed by atoms with van der Waals surface area (Å²) in [6.07, 6.45) is 6.72. The van der Waals surface area contributed by atoms with Gasteiger partial charge in [-0.2, -0.15) is 5.10 Å². The van der Waals surface area contributed by atoms with Crippen LogP contribution in [0.2, 0.25) is 5.02 Å². The number of carbonyl (C=O) groups excluding carboxylic acids is 1. The fraction of sp³-hybridized carbons (Fsp3) is 0.290. The molecule has 1 aliphatic rings. The van der Waals surface area contributed by atoms with E-state index in [1.807, 2.05) is 59.7 Å². The Morgan fingerprint density at radius 1 is 1.17 bits per heavy atom. The second-order valence-corrected chi connectivity index (χ2v) is 12.4. The Labute approximate surface area is 251 Å². The average molecular weight is 634 g/mol. The molecule has 10 heteroatoms. The van der Waals surface area contributed by atoms with Crippen molar-refractivity contribution in [1.82, 2.24) is 28.6 Å². The molecule has 2 aromatic carbocycles. The summed E-state index contributed by atoms with van der Waals surface area (Å²) in [5, 5.41) is 5.26. The number of benzene rings is 2. The van der Waals surface area contributed by atoms with E-state index < -0.39 is 0 Å². The molecule has 1 aliphatic heterocycles. The summed E-state index contributed by atoms with van der Waals surface area (Å²) < 4.78 is 6.34. The maximum atomic E-state index is 14.3. The Morgan fingerprint density at radius 2 is 1.93 bits per heavy atom. The number of nitrogens with zero attached hydrogens (tertiary/aromatic N) is 6. The van der Waals surface area contributed by atoms with E-state index in [1.54, 1.807) is 33.9 Å². The normalized spacial score (nSPS) is 15.1. The van der Waals surface area contributed by atoms with E-state index in [0.29, 0.717) is 28.5 Å². The minimum atomic E-state index is -0.187. The van der Waals surface area contributed by atoms with Crippen LogP contribution in [0.5, 0.6) is 0 Å². The van der Waals surface area contributed by atoms with E-state index in [2.05, 4.69) is 34.8 Å². The lowest BCUT2D eigenvalue weighted by Gasteiger charge is -2.35. The van der Waals surface area contributed by atoms with Crippen LogP contribution in [0, 0.1) is 5.92 Å². The molecule has 4 heterocycles. The van der Waals surface area contributed by atoms with Gasteiger partial charge in [-0.1, -0.05) is 25.4 Å². The Hall–Kier alpha value is -3.69. The van der Waals surface area contributed by atoms with E-state index in [-0.39, 0.29) is 24.1 Å². The summed E-state index contributed by atoms with van der Waals surface area (Å²) in [7, 11) is 1.96. The number of hydrogen-bond donors (Lipinski definition) is 0. The molecule has 0 radical (unpaired) electrons. The number of carbonyl (C=O) groups is 1. The predicted molar refractivity (Wildman–Crippen MR) is 164 cm³/mol. The van der Waals surface area contributed by atoms with Crippen molar-refractivity contribution >= 4 is 39.1 Å². The molecule has 0 bridgehead atoms. The van der Waals surface area contributed by atoms with Gasteiger partial charge in [0.05, 0.1) is 29.1 Å². The van der Waals surface area contributed by atoms with E-state index in [9.17, 15) is 9.59 Å². The molecule has 3 aromatic heterocycles. The molecule has 0 saturated heterocycles. The van der Waals surface area contributed by atoms with Crippen LogP contribution in [0.15, 0.2) is 70.3 Å². The molecule has 5 aromatic rings. The maximum absolute atomic E-state index is 14.3. The highest BCUT2D eigenvalue weighted by molar-refractivity contribution is 9.10. The van der Waals surface area contributed by atoms with E-state index in [1.165, 1.54) is 0 Å². The molecular formula is C31H30BrClN6O2. The maximum Gasteiger partial charge on any atom is 0.261 e. The molecule has 41 heavy (non-hydrogen) atoms. The van der Waals surface area contributed by atoms with Gasteiger partial charge >= 0.3 is 0 Å². The summed E-state index contributed by atoms with van der Waals surface area (Å²) in [5.74, 6) is 1.10. The first kappa shape index (κ1) is 27.5. The van der Waals surface area contributed by atoms with Gasteiger partial charge in [0, 0.05) is 52.2 Å². The van der Waals surface area contributed by atoms with Gasteiger partial charge in [0.25, 0.3) is 11.5 Å². The van der Waals surface area contributed by atoms with Crippen LogP contribution < -0.4 is 5.56 Å². The first-order chi connectivity index (χ1) is 19.6. The van der Waals surface area contributed by atoms with Crippen LogP contribution in [0.3, 0.4) is 0 Å². The summed E-state index contributed by atoms with van der Waals surface area (Å²) in [6.45, 7) is 6.55. The fourth-order valence-electron chi connectivity index (χ4n) is 5.68. The van der Waals surface area contributed by atoms with Crippen LogP contribution in [-0.4, -0.2) is 40.6 Å². The molecule has 210 valence electrons. The zero-order valence-corrected chi connectivity index (χ0v) is 25.6. The van der Waals surface area contributed by atoms with Crippen molar-refractivity contribution in [2.45, 2.75) is 46.2 Å². The van der Waals surface area contributed by atoms with E-state index in [0.717, 1.165) is 44.9 Å². The van der Waals surface area contributed by atoms with E-state index in [4.69, 9.17) is 16.7 Å². The van der Waals surface area contributed by atoms with Crippen LogP contribution in [0.25, 0.3) is 22.7 Å². The summed E-state index contributed by atoms with van der Waals surface area (Å²) in [4.78, 5) is 34.2. The first-order valence-corrected chi connectivity index (χ1v) is 14.8. The first-order valence-electron chi connectivity index (χ1n) is 13.6. The quantitative estimate of drug-likeness (QED) is 0.235. The average Bonchev–Trinajstić information content (AvgIpc) is 3.56. The number of amides is 1. The van der Waals surface area contributed by atoms with Crippen LogP contribution in [0.4, 0.5) is 0 Å². The molecule has 1 atom stereocenters. The standard InChI is InChI=1S/C31H30BrClN6O2/c1-18(2)13-22-16-35-39-27-17-37(30(40)21-7-10-25(32)26(33)15-21)19(3)14-24(27)31(41)38(29(22)39)23-8-5-20(6-9-23)28-34-11-12-36(28)4/h5-12,15-16,18-19H,13-14,17H2,1-4H3/t19-/m0/s1. The monoisotopic (exact) mass is 632 g/mol. The van der Waals surface area contributed by atoms with Gasteiger partial charge in [0.15, 0.2) is 0 Å². The molecule has 0 fully saturated rings. The van der Waals surface area contributed by atoms with Crippen molar-refractivity contribution in [2.75, 3.05) is 0 Å². The predicted octanol–water partition coefficient (Wildman–Crippen LogP) is 6.09. The number of rotatable bonds is 5. The Kier molecular flexibility index (Phi) is 7.11. The van der Waals surface area contributed by atoms with Crippen molar-refractivity contribution in [1.29, 1.82) is 0 Å². The molecule has 6 rings (SSSR count). The highest BCUT2D eigenvalue weighted by Crippen LogP contribution is 2.29. The molecule has 0 unspecified atom stereocenters. The van der Waals surface area contributed by atoms with Gasteiger partial charge in [0.1, 0.15) is 11.5 Å². The Bertz CT molecular complexity index is 1850. The van der Waals surface area contributed by atoms with E-state index >= 15 is 0 Å². The summed E-state index contributed by atoms with van der Waals surface area (Å²) in [6, 6.07) is 12.9. The third-order valence-corrected chi connectivity index (χ3v) is 8.94. The molecule has 0 spiro atoms. The zero-order chi connectivity index (χ0) is 29.0. The van der Waals surface area contributed by atoms with Crippen molar-refractivity contribution in [3.63, 3.8) is 0 Å². The topological polar surface area (TPSA) is 77.4 Å². The van der Waals surface area contributed by atoms with Gasteiger partial charge in [-0.3, -0.25) is 14.2 Å². The van der Waals surface area contributed by atoms with Gasteiger partial charge < -0.3 is 9.47 Å². The summed E-state index contributed by atoms with van der Waals surface area (Å²) in [5.41, 5.74) is 5.31. The largest absolute Gasteiger partial charge is 0.334 e. The van der Waals surface area contributed by atoms with Crippen molar-refractivity contribution in [3.05, 3.63) is 103 Å². The molecule has 0 N–H and O–H groups in total. The van der Waals surface area contributed by atoms with Gasteiger partial charge in [-0.05, 0) is 84.1 Å². The second-order valence-electron chi connectivity index (χ2n) is 11.1. The third-order valence-electron chi connectivity index (χ3n) is 7.71. The number of hydrogen-bond acceptors (Lipinski definition) is 4. The van der Waals surface area contributed by atoms with Crippen LogP contribution in [0.1, 0.15) is 48.0 Å². The second kappa shape index (κ2) is 10.6. The van der Waals surface area contributed by atoms with Crippen LogP contribution >= 0.6 is 27.5 Å². The van der Waals surface area contributed by atoms with Crippen molar-refractivity contribution < 1.29 is 4.79 Å². The lowest BCUT2D eigenvalue weighted by atomic mass is 9.98. The number of halogens is 2. The molecule has 8 nitrogen and oxygen atoms in total. The summed E-state index contributed by atoms with van der Waals surface area (Å²) >= 11 is 9.69. The third kappa shape index (κ3) is 4.81. The molecule has 0 saturated carbocycles. The number of fused-ring (bicyclic) bond motifs is 3. The lowest BCUT2D eigenvalue weighted by molar-refractivity contribution is 0.0651. The van der Waals surface area contributed by atoms with Crippen LogP contribution in [-0.2, 0) is 26.4 Å². The highest BCUT2D eigenvalue weighted by atomic mass is 79.9. The fourth-order valence-corrected chi connectivity index (χ4v) is 6.11. The Morgan fingerprint density at radius 3 is 2.59 bits per heavy atom. The van der Waals surface area contributed by atoms with Gasteiger partial charge in [-0.15, -0.1) is 0 Å².